The van der Waals surface area contributed by atoms with E-state index in [4.69, 9.17) is 9.97 Å². The predicted molar refractivity (Wildman–Crippen MR) is 147 cm³/mol. The molecule has 3 aliphatic rings. The molecule has 1 aliphatic carbocycles. The standard InChI is InChI=1S/C29H42N6O/c1-21(2)22-12-14-23(15-13-22)30-29(36)35-19-16-26-25(20-35)27(34-17-8-5-9-18-34)32-28(31-26)33(3)24-10-6-4-7-11-24/h12-15,21,24H,4-11,16-20H2,1-3H3,(H,30,36). The third kappa shape index (κ3) is 5.45. The quantitative estimate of drug-likeness (QED) is 0.561. The summed E-state index contributed by atoms with van der Waals surface area (Å²) < 4.78 is 0. The van der Waals surface area contributed by atoms with Crippen LogP contribution < -0.4 is 15.1 Å². The number of fused-ring (bicyclic) bond motifs is 1. The van der Waals surface area contributed by atoms with E-state index in [1.807, 2.05) is 17.0 Å². The second kappa shape index (κ2) is 11.1. The summed E-state index contributed by atoms with van der Waals surface area (Å²) in [6.45, 7) is 7.66. The molecule has 1 saturated heterocycles. The van der Waals surface area contributed by atoms with Crippen molar-refractivity contribution in [3.05, 3.63) is 41.1 Å². The lowest BCUT2D eigenvalue weighted by molar-refractivity contribution is 0.206. The highest BCUT2D eigenvalue weighted by Crippen LogP contribution is 2.32. The number of piperidine rings is 1. The molecule has 1 aromatic heterocycles. The first-order valence-electron chi connectivity index (χ1n) is 14.0. The smallest absolute Gasteiger partial charge is 0.322 e. The van der Waals surface area contributed by atoms with Crippen LogP contribution in [0, 0.1) is 0 Å². The van der Waals surface area contributed by atoms with Crippen LogP contribution in [0.25, 0.3) is 0 Å². The molecule has 0 unspecified atom stereocenters. The highest BCUT2D eigenvalue weighted by atomic mass is 16.2. The fourth-order valence-electron chi connectivity index (χ4n) is 5.87. The zero-order valence-electron chi connectivity index (χ0n) is 22.3. The molecule has 3 heterocycles. The number of aromatic nitrogens is 2. The highest BCUT2D eigenvalue weighted by molar-refractivity contribution is 5.89. The number of benzene rings is 1. The van der Waals surface area contributed by atoms with Crippen molar-refractivity contribution < 1.29 is 4.79 Å². The first-order chi connectivity index (χ1) is 17.5. The van der Waals surface area contributed by atoms with Gasteiger partial charge in [0.2, 0.25) is 5.95 Å². The van der Waals surface area contributed by atoms with Crippen molar-refractivity contribution in [2.75, 3.05) is 41.8 Å². The number of urea groups is 1. The second-order valence-electron chi connectivity index (χ2n) is 11.1. The number of anilines is 3. The molecule has 7 heteroatoms. The van der Waals surface area contributed by atoms with Gasteiger partial charge in [0, 0.05) is 50.4 Å². The van der Waals surface area contributed by atoms with E-state index in [0.29, 0.717) is 25.0 Å². The van der Waals surface area contributed by atoms with Crippen molar-refractivity contribution in [2.24, 2.45) is 0 Å². The van der Waals surface area contributed by atoms with Gasteiger partial charge in [0.1, 0.15) is 5.82 Å². The Balaban J connectivity index is 1.37. The van der Waals surface area contributed by atoms with Crippen LogP contribution in [0.1, 0.15) is 88.0 Å². The number of rotatable bonds is 5. The summed E-state index contributed by atoms with van der Waals surface area (Å²) in [6, 6.07) is 8.67. The summed E-state index contributed by atoms with van der Waals surface area (Å²) in [7, 11) is 2.17. The van der Waals surface area contributed by atoms with Crippen molar-refractivity contribution >= 4 is 23.5 Å². The third-order valence-corrected chi connectivity index (χ3v) is 8.24. The van der Waals surface area contributed by atoms with Crippen LogP contribution in [0.4, 0.5) is 22.2 Å². The summed E-state index contributed by atoms with van der Waals surface area (Å²) in [5.74, 6) is 2.39. The fourth-order valence-corrected chi connectivity index (χ4v) is 5.87. The van der Waals surface area contributed by atoms with Gasteiger partial charge in [-0.2, -0.15) is 4.98 Å². The van der Waals surface area contributed by atoms with Gasteiger partial charge in [0.05, 0.1) is 12.2 Å². The lowest BCUT2D eigenvalue weighted by Crippen LogP contribution is -2.42. The van der Waals surface area contributed by atoms with Gasteiger partial charge in [0.15, 0.2) is 0 Å². The molecular formula is C29H42N6O. The normalized spacial score (nSPS) is 18.8. The highest BCUT2D eigenvalue weighted by Gasteiger charge is 2.30. The molecular weight excluding hydrogens is 448 g/mol. The number of hydrogen-bond donors (Lipinski definition) is 1. The Labute approximate surface area is 216 Å². The molecule has 1 saturated carbocycles. The van der Waals surface area contributed by atoms with E-state index in [9.17, 15) is 4.79 Å². The average Bonchev–Trinajstić information content (AvgIpc) is 2.93. The van der Waals surface area contributed by atoms with Crippen molar-refractivity contribution in [3.8, 4) is 0 Å². The molecule has 0 spiro atoms. The van der Waals surface area contributed by atoms with Crippen LogP contribution in [-0.2, 0) is 13.0 Å². The number of amides is 2. The summed E-state index contributed by atoms with van der Waals surface area (Å²) in [5, 5.41) is 3.10. The second-order valence-corrected chi connectivity index (χ2v) is 11.1. The van der Waals surface area contributed by atoms with Crippen LogP contribution in [0.3, 0.4) is 0 Å². The van der Waals surface area contributed by atoms with Crippen molar-refractivity contribution in [1.82, 2.24) is 14.9 Å². The number of hydrogen-bond acceptors (Lipinski definition) is 5. The van der Waals surface area contributed by atoms with Gasteiger partial charge in [0.25, 0.3) is 0 Å². The molecule has 1 aromatic carbocycles. The third-order valence-electron chi connectivity index (χ3n) is 8.24. The maximum atomic E-state index is 13.2. The topological polar surface area (TPSA) is 64.6 Å². The van der Waals surface area contributed by atoms with Crippen LogP contribution in [0.5, 0.6) is 0 Å². The summed E-state index contributed by atoms with van der Waals surface area (Å²) in [4.78, 5) is 30.1. The summed E-state index contributed by atoms with van der Waals surface area (Å²) in [5.41, 5.74) is 4.37. The zero-order valence-corrected chi connectivity index (χ0v) is 22.3. The largest absolute Gasteiger partial charge is 0.356 e. The molecule has 2 aliphatic heterocycles. The van der Waals surface area contributed by atoms with E-state index in [0.717, 1.165) is 48.2 Å². The first-order valence-corrected chi connectivity index (χ1v) is 14.0. The first kappa shape index (κ1) is 24.8. The number of carbonyl (C=O) groups excluding carboxylic acids is 1. The van der Waals surface area contributed by atoms with Gasteiger partial charge in [-0.3, -0.25) is 0 Å². The Morgan fingerprint density at radius 2 is 1.67 bits per heavy atom. The van der Waals surface area contributed by atoms with Gasteiger partial charge in [-0.15, -0.1) is 0 Å². The molecule has 0 atom stereocenters. The fraction of sp³-hybridized carbons (Fsp3) is 0.621. The van der Waals surface area contributed by atoms with E-state index < -0.39 is 0 Å². The SMILES string of the molecule is CC(C)c1ccc(NC(=O)N2CCc3nc(N(C)C4CCCCC4)nc(N4CCCCC4)c3C2)cc1. The van der Waals surface area contributed by atoms with Crippen molar-refractivity contribution in [1.29, 1.82) is 0 Å². The molecule has 2 fully saturated rings. The minimum absolute atomic E-state index is 0.0501. The molecule has 0 bridgehead atoms. The lowest BCUT2D eigenvalue weighted by atomic mass is 9.95. The minimum atomic E-state index is -0.0501. The van der Waals surface area contributed by atoms with Crippen molar-refractivity contribution in [2.45, 2.75) is 90.1 Å². The van der Waals surface area contributed by atoms with E-state index in [1.165, 1.54) is 56.9 Å². The molecule has 5 rings (SSSR count). The zero-order chi connectivity index (χ0) is 25.1. The molecule has 2 aromatic rings. The summed E-state index contributed by atoms with van der Waals surface area (Å²) >= 11 is 0. The number of nitrogens with zero attached hydrogens (tertiary/aromatic N) is 5. The average molecular weight is 491 g/mol. The predicted octanol–water partition coefficient (Wildman–Crippen LogP) is 5.95. The number of carbonyl (C=O) groups is 1. The Bertz CT molecular complexity index is 1040. The maximum absolute atomic E-state index is 13.2. The Morgan fingerprint density at radius 1 is 0.972 bits per heavy atom. The van der Waals surface area contributed by atoms with Crippen LogP contribution >= 0.6 is 0 Å². The monoisotopic (exact) mass is 490 g/mol. The van der Waals surface area contributed by atoms with Crippen LogP contribution in [0.2, 0.25) is 0 Å². The Hall–Kier alpha value is -2.83. The van der Waals surface area contributed by atoms with Crippen molar-refractivity contribution in [3.63, 3.8) is 0 Å². The Morgan fingerprint density at radius 3 is 2.36 bits per heavy atom. The van der Waals surface area contributed by atoms with Gasteiger partial charge >= 0.3 is 6.03 Å². The molecule has 36 heavy (non-hydrogen) atoms. The van der Waals surface area contributed by atoms with Gasteiger partial charge in [-0.1, -0.05) is 45.2 Å². The minimum Gasteiger partial charge on any atom is -0.356 e. The van der Waals surface area contributed by atoms with E-state index in [1.54, 1.807) is 0 Å². The molecule has 194 valence electrons. The van der Waals surface area contributed by atoms with Gasteiger partial charge in [-0.05, 0) is 55.7 Å². The lowest BCUT2D eigenvalue weighted by Gasteiger charge is -2.37. The van der Waals surface area contributed by atoms with E-state index in [2.05, 4.69) is 48.1 Å². The summed E-state index contributed by atoms with van der Waals surface area (Å²) in [6.07, 6.45) is 10.8. The van der Waals surface area contributed by atoms with E-state index >= 15 is 0 Å². The number of nitrogens with one attached hydrogen (secondary N) is 1. The molecule has 0 radical (unpaired) electrons. The van der Waals surface area contributed by atoms with Gasteiger partial charge in [-0.25, -0.2) is 9.78 Å². The Kier molecular flexibility index (Phi) is 7.63. The van der Waals surface area contributed by atoms with Crippen LogP contribution in [-0.4, -0.2) is 53.6 Å². The molecule has 1 N–H and O–H groups in total. The molecule has 7 nitrogen and oxygen atoms in total. The van der Waals surface area contributed by atoms with Gasteiger partial charge < -0.3 is 20.0 Å². The van der Waals surface area contributed by atoms with E-state index in [-0.39, 0.29) is 6.03 Å². The molecule has 2 amide bonds. The van der Waals surface area contributed by atoms with Crippen LogP contribution in [0.15, 0.2) is 24.3 Å². The maximum Gasteiger partial charge on any atom is 0.322 e.